The summed E-state index contributed by atoms with van der Waals surface area (Å²) in [6.07, 6.45) is 2.08. The fourth-order valence-electron chi connectivity index (χ4n) is 4.62. The van der Waals surface area contributed by atoms with Crippen LogP contribution in [0.1, 0.15) is 16.9 Å². The highest BCUT2D eigenvalue weighted by Crippen LogP contribution is 2.30. The molecule has 2 aromatic carbocycles. The van der Waals surface area contributed by atoms with Gasteiger partial charge in [0.1, 0.15) is 23.1 Å². The Morgan fingerprint density at radius 3 is 2.87 bits per heavy atom. The molecule has 0 unspecified atom stereocenters. The molecule has 0 saturated carbocycles. The normalized spacial score (nSPS) is 15.2. The Balaban J connectivity index is 1.53. The minimum atomic E-state index is -0.365. The molecule has 1 saturated heterocycles. The van der Waals surface area contributed by atoms with Crippen LogP contribution in [0.5, 0.6) is 5.75 Å². The Labute approximate surface area is 220 Å². The SMILES string of the molecule is COc1cc(NC(=O)c2cc(N3CCN[C@@H](CC#N)C3)nc(N(C)c3ccnn3C)n2)c2ccccc2c1. The van der Waals surface area contributed by atoms with Gasteiger partial charge in [0.15, 0.2) is 0 Å². The van der Waals surface area contributed by atoms with E-state index >= 15 is 0 Å². The first-order valence-electron chi connectivity index (χ1n) is 12.3. The van der Waals surface area contributed by atoms with E-state index in [1.54, 1.807) is 35.0 Å². The number of ether oxygens (including phenoxy) is 1. The third kappa shape index (κ3) is 5.07. The number of rotatable bonds is 7. The van der Waals surface area contributed by atoms with Gasteiger partial charge in [-0.3, -0.25) is 14.4 Å². The van der Waals surface area contributed by atoms with Crippen LogP contribution >= 0.6 is 0 Å². The Morgan fingerprint density at radius 1 is 1.26 bits per heavy atom. The topological polar surface area (TPSA) is 124 Å². The number of nitrogens with one attached hydrogen (secondary N) is 2. The van der Waals surface area contributed by atoms with Crippen molar-refractivity contribution in [1.82, 2.24) is 25.1 Å². The Kier molecular flexibility index (Phi) is 7.06. The first-order chi connectivity index (χ1) is 18.5. The van der Waals surface area contributed by atoms with Crippen molar-refractivity contribution in [2.45, 2.75) is 12.5 Å². The number of hydrogen-bond donors (Lipinski definition) is 2. The molecule has 11 nitrogen and oxygen atoms in total. The van der Waals surface area contributed by atoms with E-state index in [1.165, 1.54) is 0 Å². The van der Waals surface area contributed by atoms with E-state index in [2.05, 4.69) is 31.7 Å². The van der Waals surface area contributed by atoms with Crippen LogP contribution in [0.2, 0.25) is 0 Å². The number of nitriles is 1. The molecule has 1 amide bonds. The average molecular weight is 512 g/mol. The van der Waals surface area contributed by atoms with Gasteiger partial charge in [0.25, 0.3) is 5.91 Å². The molecular formula is C27H29N9O2. The lowest BCUT2D eigenvalue weighted by atomic mass is 10.1. The van der Waals surface area contributed by atoms with Crippen molar-refractivity contribution >= 4 is 40.0 Å². The fourth-order valence-corrected chi connectivity index (χ4v) is 4.62. The number of amides is 1. The molecule has 11 heteroatoms. The molecule has 1 aliphatic heterocycles. The standard InChI is InChI=1S/C27H29N9O2/c1-34(25-9-11-30-35(25)2)27-32-23(16-24(33-27)36-13-12-29-19(17-36)8-10-28)26(37)31-22-15-20(38-3)14-18-6-4-5-7-21(18)22/h4-7,9,11,14-16,19,29H,8,12-13,17H2,1-3H3,(H,31,37)/t19-/m0/s1. The van der Waals surface area contributed by atoms with Crippen LogP contribution in [-0.4, -0.2) is 65.5 Å². The van der Waals surface area contributed by atoms with Crippen LogP contribution in [0.15, 0.2) is 54.7 Å². The summed E-state index contributed by atoms with van der Waals surface area (Å²) in [5.74, 6) is 2.03. The van der Waals surface area contributed by atoms with Gasteiger partial charge in [-0.1, -0.05) is 24.3 Å². The number of methoxy groups -OCH3 is 1. The number of carbonyl (C=O) groups excluding carboxylic acids is 1. The fraction of sp³-hybridized carbons (Fsp3) is 0.296. The van der Waals surface area contributed by atoms with E-state index in [-0.39, 0.29) is 17.6 Å². The summed E-state index contributed by atoms with van der Waals surface area (Å²) in [4.78, 5) is 27.0. The molecule has 4 aromatic rings. The molecule has 0 aliphatic carbocycles. The molecular weight excluding hydrogens is 482 g/mol. The molecule has 1 atom stereocenters. The molecule has 1 fully saturated rings. The lowest BCUT2D eigenvalue weighted by molar-refractivity contribution is 0.102. The maximum Gasteiger partial charge on any atom is 0.274 e. The summed E-state index contributed by atoms with van der Waals surface area (Å²) < 4.78 is 7.17. The van der Waals surface area contributed by atoms with E-state index in [9.17, 15) is 10.1 Å². The van der Waals surface area contributed by atoms with E-state index < -0.39 is 0 Å². The third-order valence-corrected chi connectivity index (χ3v) is 6.61. The summed E-state index contributed by atoms with van der Waals surface area (Å²) in [5.41, 5.74) is 0.851. The van der Waals surface area contributed by atoms with Gasteiger partial charge in [-0.15, -0.1) is 0 Å². The first kappa shape index (κ1) is 25.0. The number of piperazine rings is 1. The second kappa shape index (κ2) is 10.7. The molecule has 2 N–H and O–H groups in total. The number of fused-ring (bicyclic) bond motifs is 1. The molecule has 0 radical (unpaired) electrons. The highest BCUT2D eigenvalue weighted by atomic mass is 16.5. The number of nitrogens with zero attached hydrogens (tertiary/aromatic N) is 7. The van der Waals surface area contributed by atoms with Gasteiger partial charge in [0.2, 0.25) is 5.95 Å². The van der Waals surface area contributed by atoms with Crippen molar-refractivity contribution in [2.75, 3.05) is 48.9 Å². The van der Waals surface area contributed by atoms with Crippen molar-refractivity contribution in [2.24, 2.45) is 7.05 Å². The molecule has 1 aliphatic rings. The number of aryl methyl sites for hydroxylation is 1. The Hall–Kier alpha value is -4.69. The van der Waals surface area contributed by atoms with Crippen LogP contribution < -0.4 is 25.2 Å². The van der Waals surface area contributed by atoms with Crippen LogP contribution in [-0.2, 0) is 7.05 Å². The molecule has 0 spiro atoms. The van der Waals surface area contributed by atoms with Crippen molar-refractivity contribution in [3.8, 4) is 11.8 Å². The smallest absolute Gasteiger partial charge is 0.274 e. The minimum absolute atomic E-state index is 0.0161. The average Bonchev–Trinajstić information content (AvgIpc) is 3.38. The maximum atomic E-state index is 13.6. The lowest BCUT2D eigenvalue weighted by Gasteiger charge is -2.34. The van der Waals surface area contributed by atoms with E-state index in [0.29, 0.717) is 49.3 Å². The summed E-state index contributed by atoms with van der Waals surface area (Å²) >= 11 is 0. The minimum Gasteiger partial charge on any atom is -0.497 e. The molecule has 5 rings (SSSR count). The van der Waals surface area contributed by atoms with Gasteiger partial charge in [0.05, 0.1) is 31.5 Å². The third-order valence-electron chi connectivity index (χ3n) is 6.61. The highest BCUT2D eigenvalue weighted by molar-refractivity contribution is 6.09. The van der Waals surface area contributed by atoms with Crippen LogP contribution in [0, 0.1) is 11.3 Å². The van der Waals surface area contributed by atoms with Crippen molar-refractivity contribution in [3.05, 3.63) is 60.4 Å². The zero-order valence-corrected chi connectivity index (χ0v) is 21.5. The van der Waals surface area contributed by atoms with Crippen LogP contribution in [0.4, 0.5) is 23.3 Å². The molecule has 38 heavy (non-hydrogen) atoms. The number of carbonyl (C=O) groups is 1. The predicted molar refractivity (Wildman–Crippen MR) is 146 cm³/mol. The Morgan fingerprint density at radius 2 is 2.11 bits per heavy atom. The quantitative estimate of drug-likeness (QED) is 0.385. The number of anilines is 4. The zero-order chi connectivity index (χ0) is 26.6. The largest absolute Gasteiger partial charge is 0.497 e. The van der Waals surface area contributed by atoms with Gasteiger partial charge >= 0.3 is 0 Å². The Bertz CT molecular complexity index is 1510. The monoisotopic (exact) mass is 511 g/mol. The van der Waals surface area contributed by atoms with Crippen molar-refractivity contribution in [3.63, 3.8) is 0 Å². The maximum absolute atomic E-state index is 13.6. The molecule has 3 heterocycles. The van der Waals surface area contributed by atoms with Crippen molar-refractivity contribution in [1.29, 1.82) is 5.26 Å². The number of benzene rings is 2. The zero-order valence-electron chi connectivity index (χ0n) is 21.5. The molecule has 0 bridgehead atoms. The van der Waals surface area contributed by atoms with Gasteiger partial charge in [-0.25, -0.2) is 4.98 Å². The molecule has 194 valence electrons. The van der Waals surface area contributed by atoms with Crippen molar-refractivity contribution < 1.29 is 9.53 Å². The van der Waals surface area contributed by atoms with Gasteiger partial charge in [-0.2, -0.15) is 15.3 Å². The summed E-state index contributed by atoms with van der Waals surface area (Å²) in [5, 5.41) is 21.7. The summed E-state index contributed by atoms with van der Waals surface area (Å²) in [6.45, 7) is 2.00. The van der Waals surface area contributed by atoms with E-state index in [1.807, 2.05) is 50.5 Å². The van der Waals surface area contributed by atoms with Gasteiger partial charge in [0, 0.05) is 63.4 Å². The highest BCUT2D eigenvalue weighted by Gasteiger charge is 2.24. The van der Waals surface area contributed by atoms with Gasteiger partial charge < -0.3 is 20.3 Å². The summed E-state index contributed by atoms with van der Waals surface area (Å²) in [7, 11) is 5.27. The summed E-state index contributed by atoms with van der Waals surface area (Å²) in [6, 6.07) is 17.3. The lowest BCUT2D eigenvalue weighted by Crippen LogP contribution is -2.51. The van der Waals surface area contributed by atoms with Crippen LogP contribution in [0.3, 0.4) is 0 Å². The second-order valence-electron chi connectivity index (χ2n) is 9.09. The number of hydrogen-bond acceptors (Lipinski definition) is 9. The van der Waals surface area contributed by atoms with Gasteiger partial charge in [-0.05, 0) is 11.5 Å². The van der Waals surface area contributed by atoms with E-state index in [0.717, 1.165) is 16.6 Å². The van der Waals surface area contributed by atoms with Crippen LogP contribution in [0.25, 0.3) is 10.8 Å². The first-order valence-corrected chi connectivity index (χ1v) is 12.3. The molecule has 2 aromatic heterocycles. The predicted octanol–water partition coefficient (Wildman–Crippen LogP) is 3.08. The number of aromatic nitrogens is 4. The van der Waals surface area contributed by atoms with E-state index in [4.69, 9.17) is 9.72 Å². The second-order valence-corrected chi connectivity index (χ2v) is 9.09.